The third kappa shape index (κ3) is 2.36. The van der Waals surface area contributed by atoms with E-state index in [-0.39, 0.29) is 12.0 Å². The number of rotatable bonds is 2. The maximum absolute atomic E-state index is 14.3. The van der Waals surface area contributed by atoms with Crippen LogP contribution < -0.4 is 5.32 Å². The molecule has 2 rings (SSSR count). The van der Waals surface area contributed by atoms with Crippen LogP contribution in [-0.2, 0) is 19.9 Å². The van der Waals surface area contributed by atoms with Crippen LogP contribution in [0.2, 0.25) is 0 Å². The Morgan fingerprint density at radius 2 is 2.00 bits per heavy atom. The van der Waals surface area contributed by atoms with Gasteiger partial charge in [-0.1, -0.05) is 12.1 Å². The summed E-state index contributed by atoms with van der Waals surface area (Å²) in [7, 11) is 0.969. The molecule has 114 valence electrons. The van der Waals surface area contributed by atoms with Crippen LogP contribution in [0.25, 0.3) is 0 Å². The molecule has 1 saturated heterocycles. The predicted molar refractivity (Wildman–Crippen MR) is 66.9 cm³/mol. The van der Waals surface area contributed by atoms with Crippen molar-refractivity contribution >= 4 is 11.9 Å². The van der Waals surface area contributed by atoms with Gasteiger partial charge in [-0.3, -0.25) is 4.79 Å². The first-order valence-electron chi connectivity index (χ1n) is 6.29. The molecule has 1 aliphatic heterocycles. The van der Waals surface area contributed by atoms with Crippen molar-refractivity contribution in [3.8, 4) is 0 Å². The van der Waals surface area contributed by atoms with Crippen LogP contribution in [0.5, 0.6) is 0 Å². The molecule has 1 aromatic rings. The van der Waals surface area contributed by atoms with Gasteiger partial charge in [0, 0.05) is 12.0 Å². The molecule has 1 N–H and O–H groups in total. The molecule has 1 aliphatic rings. The first-order chi connectivity index (χ1) is 9.74. The molecule has 1 heterocycles. The van der Waals surface area contributed by atoms with Gasteiger partial charge in [-0.25, -0.2) is 18.0 Å². The monoisotopic (exact) mass is 301 g/mol. The number of carbonyl (C=O) groups excluding carboxylic acids is 2. The van der Waals surface area contributed by atoms with Crippen molar-refractivity contribution in [2.75, 3.05) is 7.11 Å². The number of amides is 1. The van der Waals surface area contributed by atoms with Gasteiger partial charge in [-0.15, -0.1) is 0 Å². The number of hydrogen-bond donors (Lipinski definition) is 1. The molecule has 0 radical (unpaired) electrons. The fourth-order valence-corrected chi connectivity index (χ4v) is 2.44. The van der Waals surface area contributed by atoms with E-state index in [2.05, 4.69) is 10.1 Å². The van der Waals surface area contributed by atoms with Gasteiger partial charge >= 0.3 is 5.97 Å². The van der Waals surface area contributed by atoms with Crippen molar-refractivity contribution in [2.45, 2.75) is 31.0 Å². The molecule has 2 atom stereocenters. The van der Waals surface area contributed by atoms with Crippen molar-refractivity contribution in [2.24, 2.45) is 0 Å². The zero-order chi connectivity index (χ0) is 15.8. The molecule has 1 fully saturated rings. The Morgan fingerprint density at radius 3 is 2.57 bits per heavy atom. The molecule has 0 spiro atoms. The zero-order valence-electron chi connectivity index (χ0n) is 11.5. The molecule has 0 aliphatic carbocycles. The highest BCUT2D eigenvalue weighted by Crippen LogP contribution is 2.38. The summed E-state index contributed by atoms with van der Waals surface area (Å²) in [5, 5.41) is 2.26. The van der Waals surface area contributed by atoms with Crippen LogP contribution in [-0.4, -0.2) is 24.7 Å². The summed E-state index contributed by atoms with van der Waals surface area (Å²) >= 11 is 0. The second kappa shape index (κ2) is 5.05. The van der Waals surface area contributed by atoms with Crippen molar-refractivity contribution in [1.29, 1.82) is 0 Å². The van der Waals surface area contributed by atoms with Crippen LogP contribution >= 0.6 is 0 Å². The highest BCUT2D eigenvalue weighted by Gasteiger charge is 2.54. The Hall–Kier alpha value is -2.05. The maximum atomic E-state index is 14.3. The van der Waals surface area contributed by atoms with Crippen molar-refractivity contribution in [1.82, 2.24) is 5.32 Å². The van der Waals surface area contributed by atoms with Crippen molar-refractivity contribution in [3.05, 3.63) is 35.4 Å². The van der Waals surface area contributed by atoms with Crippen molar-refractivity contribution in [3.63, 3.8) is 0 Å². The zero-order valence-corrected chi connectivity index (χ0v) is 11.5. The van der Waals surface area contributed by atoms with E-state index in [4.69, 9.17) is 0 Å². The summed E-state index contributed by atoms with van der Waals surface area (Å²) in [6, 6.07) is 3.55. The molecule has 4 nitrogen and oxygen atoms in total. The van der Waals surface area contributed by atoms with Gasteiger partial charge in [0.15, 0.2) is 11.6 Å². The van der Waals surface area contributed by atoms with Crippen LogP contribution in [0.1, 0.15) is 25.3 Å². The van der Waals surface area contributed by atoms with E-state index in [0.717, 1.165) is 13.2 Å². The number of halogens is 3. The Kier molecular flexibility index (Phi) is 3.69. The van der Waals surface area contributed by atoms with E-state index >= 15 is 0 Å². The highest BCUT2D eigenvalue weighted by molar-refractivity contribution is 6.06. The number of esters is 1. The lowest BCUT2D eigenvalue weighted by Gasteiger charge is -2.40. The minimum atomic E-state index is -2.81. The van der Waals surface area contributed by atoms with Gasteiger partial charge in [-0.05, 0) is 19.4 Å². The van der Waals surface area contributed by atoms with Crippen molar-refractivity contribution < 1.29 is 27.5 Å². The average Bonchev–Trinajstić information content (AvgIpc) is 2.45. The third-order valence-corrected chi connectivity index (χ3v) is 3.77. The number of alkyl halides is 1. The molecule has 1 aromatic carbocycles. The van der Waals surface area contributed by atoms with Crippen LogP contribution in [0.4, 0.5) is 13.2 Å². The minimum absolute atomic E-state index is 0.0787. The van der Waals surface area contributed by atoms with Gasteiger partial charge in [0.1, 0.15) is 0 Å². The van der Waals surface area contributed by atoms with E-state index in [1.165, 1.54) is 19.1 Å². The van der Waals surface area contributed by atoms with E-state index in [1.54, 1.807) is 0 Å². The molecule has 1 unspecified atom stereocenters. The lowest BCUT2D eigenvalue weighted by Crippen LogP contribution is -2.60. The fraction of sp³-hybridized carbons (Fsp3) is 0.429. The number of carbonyl (C=O) groups is 2. The van der Waals surface area contributed by atoms with E-state index < -0.39 is 41.1 Å². The largest absolute Gasteiger partial charge is 0.466 e. The summed E-state index contributed by atoms with van der Waals surface area (Å²) in [4.78, 5) is 23.3. The summed E-state index contributed by atoms with van der Waals surface area (Å²) in [5.74, 6) is -4.69. The first kappa shape index (κ1) is 15.3. The smallest absolute Gasteiger partial charge is 0.353 e. The number of piperidine rings is 1. The average molecular weight is 301 g/mol. The minimum Gasteiger partial charge on any atom is -0.466 e. The van der Waals surface area contributed by atoms with E-state index in [0.29, 0.717) is 0 Å². The Balaban J connectivity index is 2.35. The summed E-state index contributed by atoms with van der Waals surface area (Å²) in [6.07, 6.45) is -0.553. The van der Waals surface area contributed by atoms with Gasteiger partial charge in [0.2, 0.25) is 0 Å². The highest BCUT2D eigenvalue weighted by atomic mass is 19.2. The quantitative estimate of drug-likeness (QED) is 0.671. The normalized spacial score (nSPS) is 28.9. The number of nitrogens with one attached hydrogen (secondary N) is 1. The van der Waals surface area contributed by atoms with E-state index in [9.17, 15) is 22.8 Å². The number of methoxy groups -OCH3 is 1. The van der Waals surface area contributed by atoms with Gasteiger partial charge < -0.3 is 10.1 Å². The Morgan fingerprint density at radius 1 is 1.33 bits per heavy atom. The second-order valence-electron chi connectivity index (χ2n) is 5.18. The van der Waals surface area contributed by atoms with Gasteiger partial charge in [0.05, 0.1) is 12.6 Å². The molecule has 7 heteroatoms. The molecule has 1 amide bonds. The van der Waals surface area contributed by atoms with Crippen LogP contribution in [0.3, 0.4) is 0 Å². The molecule has 21 heavy (non-hydrogen) atoms. The summed E-state index contributed by atoms with van der Waals surface area (Å²) in [6.45, 7) is 1.44. The van der Waals surface area contributed by atoms with Crippen LogP contribution in [0, 0.1) is 11.6 Å². The topological polar surface area (TPSA) is 55.4 Å². The molecular formula is C14H14F3NO3. The number of benzene rings is 1. The molecule has 0 saturated carbocycles. The fourth-order valence-electron chi connectivity index (χ4n) is 2.44. The summed E-state index contributed by atoms with van der Waals surface area (Å²) < 4.78 is 45.8. The maximum Gasteiger partial charge on any atom is 0.353 e. The lowest BCUT2D eigenvalue weighted by atomic mass is 9.78. The second-order valence-corrected chi connectivity index (χ2v) is 5.18. The first-order valence-corrected chi connectivity index (χ1v) is 6.29. The SMILES string of the molecule is COC(=O)C1(F)CC[C@@](C)(c2cccc(F)c2F)NC1=O. The lowest BCUT2D eigenvalue weighted by molar-refractivity contribution is -0.165. The molecular weight excluding hydrogens is 287 g/mol. The summed E-state index contributed by atoms with van der Waals surface area (Å²) in [5.41, 5.74) is -4.20. The standard InChI is InChI=1S/C14H14F3NO3/c1-13(8-4-3-5-9(15)10(8)16)6-7-14(17,11(19)18-13)12(20)21-2/h3-5H,6-7H2,1-2H3,(H,18,19)/t13-,14?/m0/s1. The molecule has 0 bridgehead atoms. The molecule has 0 aromatic heterocycles. The Labute approximate surface area is 119 Å². The number of hydrogen-bond acceptors (Lipinski definition) is 3. The Bertz CT molecular complexity index is 607. The number of ether oxygens (including phenoxy) is 1. The van der Waals surface area contributed by atoms with Gasteiger partial charge in [0.25, 0.3) is 11.6 Å². The predicted octanol–water partition coefficient (Wildman–Crippen LogP) is 1.97. The third-order valence-electron chi connectivity index (χ3n) is 3.77. The van der Waals surface area contributed by atoms with Gasteiger partial charge in [-0.2, -0.15) is 0 Å². The van der Waals surface area contributed by atoms with Crippen LogP contribution in [0.15, 0.2) is 18.2 Å². The van der Waals surface area contributed by atoms with E-state index in [1.807, 2.05) is 0 Å².